The fraction of sp³-hybridized carbons (Fsp3) is 0.400. The first-order valence-electron chi connectivity index (χ1n) is 11.4. The van der Waals surface area contributed by atoms with Gasteiger partial charge in [0.25, 0.3) is 10.0 Å². The van der Waals surface area contributed by atoms with E-state index in [1.165, 1.54) is 12.1 Å². The number of fused-ring (bicyclic) bond motifs is 3. The number of anilines is 1. The molecule has 2 aromatic rings. The van der Waals surface area contributed by atoms with Crippen molar-refractivity contribution in [3.05, 3.63) is 58.9 Å². The maximum Gasteiger partial charge on any atom is 0.341 e. The quantitative estimate of drug-likeness (QED) is 0.545. The van der Waals surface area contributed by atoms with Crippen LogP contribution in [0.15, 0.2) is 41.3 Å². The lowest BCUT2D eigenvalue weighted by Crippen LogP contribution is -2.23. The number of hydrogen-bond donors (Lipinski definition) is 2. The van der Waals surface area contributed by atoms with Crippen LogP contribution in [0.25, 0.3) is 6.08 Å². The molecule has 2 unspecified atom stereocenters. The number of likely N-dealkylation sites (N-methyl/N-ethyl adjacent to an activating group) is 1. The Bertz CT molecular complexity index is 1260. The van der Waals surface area contributed by atoms with Crippen molar-refractivity contribution in [2.75, 3.05) is 31.0 Å². The van der Waals surface area contributed by atoms with Gasteiger partial charge in [-0.2, -0.15) is 0 Å². The summed E-state index contributed by atoms with van der Waals surface area (Å²) in [5.41, 5.74) is 0.518. The molecule has 7 nitrogen and oxygen atoms in total. The molecule has 0 radical (unpaired) electrons. The van der Waals surface area contributed by atoms with Gasteiger partial charge in [0.1, 0.15) is 17.1 Å². The predicted octanol–water partition coefficient (Wildman–Crippen LogP) is 4.35. The number of nitrogens with one attached hydrogen (secondary N) is 1. The van der Waals surface area contributed by atoms with E-state index in [4.69, 9.17) is 4.74 Å². The summed E-state index contributed by atoms with van der Waals surface area (Å²) in [6.45, 7) is 8.74. The Hall–Kier alpha value is -2.91. The Labute approximate surface area is 199 Å². The number of carbonyl (C=O) groups is 1. The minimum atomic E-state index is -4.22. The van der Waals surface area contributed by atoms with Gasteiger partial charge in [0.05, 0.1) is 17.2 Å². The highest BCUT2D eigenvalue weighted by Crippen LogP contribution is 2.60. The van der Waals surface area contributed by atoms with E-state index in [1.54, 1.807) is 18.2 Å². The number of rotatable bonds is 9. The number of aromatic carboxylic acids is 1. The summed E-state index contributed by atoms with van der Waals surface area (Å²) in [7, 11) is -4.22. The number of carboxylic acids is 1. The molecule has 4 rings (SSSR count). The third kappa shape index (κ3) is 4.42. The van der Waals surface area contributed by atoms with Gasteiger partial charge in [-0.05, 0) is 49.3 Å². The lowest BCUT2D eigenvalue weighted by Gasteiger charge is -2.25. The first kappa shape index (κ1) is 24.2. The molecule has 0 aromatic heterocycles. The second-order valence-electron chi connectivity index (χ2n) is 8.98. The number of benzene rings is 2. The van der Waals surface area contributed by atoms with Gasteiger partial charge in [0.2, 0.25) is 0 Å². The highest BCUT2D eigenvalue weighted by molar-refractivity contribution is 7.92. The van der Waals surface area contributed by atoms with Crippen LogP contribution in [-0.2, 0) is 15.4 Å². The third-order valence-corrected chi connectivity index (χ3v) is 8.33. The summed E-state index contributed by atoms with van der Waals surface area (Å²) < 4.78 is 48.7. The Morgan fingerprint density at radius 2 is 2.03 bits per heavy atom. The van der Waals surface area contributed by atoms with E-state index in [1.807, 2.05) is 13.8 Å². The minimum Gasteiger partial charge on any atom is -0.492 e. The van der Waals surface area contributed by atoms with Crippen LogP contribution in [0.4, 0.5) is 10.1 Å². The fourth-order valence-corrected chi connectivity index (χ4v) is 5.85. The molecular formula is C25H29FN2O5S. The zero-order valence-corrected chi connectivity index (χ0v) is 20.3. The molecule has 0 spiro atoms. The fourth-order valence-electron chi connectivity index (χ4n) is 4.59. The predicted molar refractivity (Wildman–Crippen MR) is 128 cm³/mol. The molecule has 1 heterocycles. The van der Waals surface area contributed by atoms with Crippen molar-refractivity contribution < 1.29 is 27.4 Å². The highest BCUT2D eigenvalue weighted by atomic mass is 32.2. The molecule has 1 fully saturated rings. The van der Waals surface area contributed by atoms with E-state index in [0.717, 1.165) is 37.2 Å². The van der Waals surface area contributed by atoms with E-state index >= 15 is 0 Å². The SMILES string of the molecule is CCN(CC)CC=Cc1cc(F)ccc1S(=O)(=O)Nc1ccc2c(c1C(=O)O)OCC1CC21C. The molecule has 0 bridgehead atoms. The van der Waals surface area contributed by atoms with E-state index < -0.39 is 21.8 Å². The van der Waals surface area contributed by atoms with Crippen molar-refractivity contribution in [2.45, 2.75) is 37.5 Å². The Morgan fingerprint density at radius 3 is 2.71 bits per heavy atom. The van der Waals surface area contributed by atoms with Crippen molar-refractivity contribution in [2.24, 2.45) is 5.92 Å². The van der Waals surface area contributed by atoms with Crippen molar-refractivity contribution in [1.82, 2.24) is 4.90 Å². The van der Waals surface area contributed by atoms with Crippen LogP contribution in [0.3, 0.4) is 0 Å². The van der Waals surface area contributed by atoms with Crippen LogP contribution in [0.5, 0.6) is 5.75 Å². The van der Waals surface area contributed by atoms with Crippen LogP contribution in [0.2, 0.25) is 0 Å². The summed E-state index contributed by atoms with van der Waals surface area (Å²) in [6, 6.07) is 6.59. The Kier molecular flexibility index (Phi) is 6.44. The maximum absolute atomic E-state index is 14.0. The van der Waals surface area contributed by atoms with Gasteiger partial charge in [0, 0.05) is 23.4 Å². The van der Waals surface area contributed by atoms with Gasteiger partial charge < -0.3 is 14.7 Å². The van der Waals surface area contributed by atoms with Gasteiger partial charge in [-0.3, -0.25) is 4.72 Å². The average Bonchev–Trinajstić information content (AvgIpc) is 3.47. The molecular weight excluding hydrogens is 459 g/mol. The normalized spacial score (nSPS) is 21.1. The number of hydrogen-bond acceptors (Lipinski definition) is 5. The van der Waals surface area contributed by atoms with E-state index in [0.29, 0.717) is 19.1 Å². The van der Waals surface area contributed by atoms with Crippen LogP contribution in [0, 0.1) is 11.7 Å². The maximum atomic E-state index is 14.0. The molecule has 2 N–H and O–H groups in total. The lowest BCUT2D eigenvalue weighted by atomic mass is 9.90. The molecule has 2 aromatic carbocycles. The molecule has 182 valence electrons. The Morgan fingerprint density at radius 1 is 1.29 bits per heavy atom. The van der Waals surface area contributed by atoms with Crippen LogP contribution >= 0.6 is 0 Å². The van der Waals surface area contributed by atoms with E-state index in [9.17, 15) is 22.7 Å². The molecule has 1 saturated carbocycles. The minimum absolute atomic E-state index is 0.0867. The van der Waals surface area contributed by atoms with Crippen molar-refractivity contribution in [3.8, 4) is 5.75 Å². The molecule has 34 heavy (non-hydrogen) atoms. The van der Waals surface area contributed by atoms with Crippen LogP contribution < -0.4 is 9.46 Å². The number of carboxylic acid groups (broad SMARTS) is 1. The number of ether oxygens (including phenoxy) is 1. The first-order valence-corrected chi connectivity index (χ1v) is 12.8. The molecule has 0 saturated heterocycles. The summed E-state index contributed by atoms with van der Waals surface area (Å²) in [6.07, 6.45) is 4.25. The average molecular weight is 489 g/mol. The zero-order chi connectivity index (χ0) is 24.7. The first-order chi connectivity index (χ1) is 16.1. The van der Waals surface area contributed by atoms with Gasteiger partial charge in [-0.25, -0.2) is 17.6 Å². The summed E-state index contributed by atoms with van der Waals surface area (Å²) in [5.74, 6) is -1.30. The summed E-state index contributed by atoms with van der Waals surface area (Å²) >= 11 is 0. The third-order valence-electron chi connectivity index (χ3n) is 6.89. The number of sulfonamides is 1. The molecule has 2 atom stereocenters. The van der Waals surface area contributed by atoms with Crippen molar-refractivity contribution >= 4 is 27.8 Å². The number of nitrogens with zero attached hydrogens (tertiary/aromatic N) is 1. The van der Waals surface area contributed by atoms with Crippen LogP contribution in [0.1, 0.15) is 48.7 Å². The van der Waals surface area contributed by atoms with Crippen LogP contribution in [-0.4, -0.2) is 50.6 Å². The second kappa shape index (κ2) is 9.03. The molecule has 1 aliphatic heterocycles. The lowest BCUT2D eigenvalue weighted by molar-refractivity contribution is 0.0692. The van der Waals surface area contributed by atoms with Crippen molar-refractivity contribution in [3.63, 3.8) is 0 Å². The van der Waals surface area contributed by atoms with E-state index in [-0.39, 0.29) is 32.9 Å². The van der Waals surface area contributed by atoms with Gasteiger partial charge >= 0.3 is 5.97 Å². The summed E-state index contributed by atoms with van der Waals surface area (Å²) in [4.78, 5) is 14.1. The smallest absolute Gasteiger partial charge is 0.341 e. The van der Waals surface area contributed by atoms with Gasteiger partial charge in [-0.15, -0.1) is 0 Å². The number of halogens is 1. The van der Waals surface area contributed by atoms with Gasteiger partial charge in [-0.1, -0.05) is 39.0 Å². The molecule has 0 amide bonds. The highest BCUT2D eigenvalue weighted by Gasteiger charge is 2.56. The Balaban J connectivity index is 1.69. The topological polar surface area (TPSA) is 95.9 Å². The second-order valence-corrected chi connectivity index (χ2v) is 10.6. The standard InChI is InChI=1S/C25H29FN2O5S/c1-4-28(5-2)12-6-7-16-13-18(26)8-11-21(16)34(31,32)27-20-10-9-19-23(22(20)24(29)30)33-15-17-14-25(17,19)3/h6-11,13,17,27H,4-5,12,14-15H2,1-3H3,(H,29,30). The van der Waals surface area contributed by atoms with Crippen molar-refractivity contribution in [1.29, 1.82) is 0 Å². The molecule has 1 aliphatic carbocycles. The van der Waals surface area contributed by atoms with Gasteiger partial charge in [0.15, 0.2) is 0 Å². The van der Waals surface area contributed by atoms with E-state index in [2.05, 4.69) is 16.5 Å². The molecule has 9 heteroatoms. The zero-order valence-electron chi connectivity index (χ0n) is 19.5. The largest absolute Gasteiger partial charge is 0.492 e. The monoisotopic (exact) mass is 488 g/mol. The molecule has 2 aliphatic rings. The summed E-state index contributed by atoms with van der Waals surface area (Å²) in [5, 5.41) is 9.90.